The van der Waals surface area contributed by atoms with Gasteiger partial charge in [-0.3, -0.25) is 9.59 Å². The van der Waals surface area contributed by atoms with E-state index in [1.807, 2.05) is 24.3 Å². The minimum Gasteiger partial charge on any atom is -0.481 e. The molecule has 33 heavy (non-hydrogen) atoms. The molecule has 2 amide bonds. The largest absolute Gasteiger partial charge is 0.481 e. The fraction of sp³-hybridized carbons (Fsp3) is 0.423. The highest BCUT2D eigenvalue weighted by atomic mass is 16.5. The minimum atomic E-state index is -0.862. The molecule has 7 nitrogen and oxygen atoms in total. The number of carboxylic acid groups (broad SMARTS) is 1. The molecular weight excluding hydrogens is 420 g/mol. The molecule has 2 aliphatic rings. The van der Waals surface area contributed by atoms with Crippen molar-refractivity contribution in [2.24, 2.45) is 5.41 Å². The molecule has 0 unspecified atom stereocenters. The van der Waals surface area contributed by atoms with Crippen LogP contribution in [0, 0.1) is 5.41 Å². The van der Waals surface area contributed by atoms with Gasteiger partial charge in [-0.25, -0.2) is 4.79 Å². The summed E-state index contributed by atoms with van der Waals surface area (Å²) >= 11 is 0. The van der Waals surface area contributed by atoms with Crippen LogP contribution in [0.5, 0.6) is 0 Å². The number of alkyl carbamates (subject to hydrolysis) is 1. The SMILES string of the molecule is C[C@H](CC(=O)NCC1(C(=O)O)CCCC1)NC(=O)OCC1c2ccccc2-c2ccccc21. The summed E-state index contributed by atoms with van der Waals surface area (Å²) in [7, 11) is 0. The molecule has 0 heterocycles. The molecule has 7 heteroatoms. The predicted molar refractivity (Wildman–Crippen MR) is 124 cm³/mol. The Morgan fingerprint density at radius 3 is 2.18 bits per heavy atom. The van der Waals surface area contributed by atoms with E-state index in [2.05, 4.69) is 34.9 Å². The second-order valence-electron chi connectivity index (χ2n) is 9.14. The van der Waals surface area contributed by atoms with Gasteiger partial charge in [0.25, 0.3) is 0 Å². The number of ether oxygens (including phenoxy) is 1. The van der Waals surface area contributed by atoms with E-state index in [1.54, 1.807) is 6.92 Å². The zero-order chi connectivity index (χ0) is 23.4. The Hall–Kier alpha value is -3.35. The third-order valence-corrected chi connectivity index (χ3v) is 6.84. The molecule has 0 aromatic heterocycles. The van der Waals surface area contributed by atoms with Crippen molar-refractivity contribution in [2.45, 2.75) is 51.0 Å². The van der Waals surface area contributed by atoms with E-state index in [9.17, 15) is 19.5 Å². The second kappa shape index (κ2) is 9.65. The summed E-state index contributed by atoms with van der Waals surface area (Å²) in [4.78, 5) is 36.3. The Kier molecular flexibility index (Phi) is 6.67. The van der Waals surface area contributed by atoms with Gasteiger partial charge in [-0.1, -0.05) is 61.4 Å². The van der Waals surface area contributed by atoms with E-state index >= 15 is 0 Å². The van der Waals surface area contributed by atoms with E-state index in [1.165, 1.54) is 0 Å². The highest BCUT2D eigenvalue weighted by Crippen LogP contribution is 2.44. The van der Waals surface area contributed by atoms with Gasteiger partial charge in [0.05, 0.1) is 5.41 Å². The molecule has 174 valence electrons. The van der Waals surface area contributed by atoms with Crippen molar-refractivity contribution in [2.75, 3.05) is 13.2 Å². The quantitative estimate of drug-likeness (QED) is 0.562. The zero-order valence-corrected chi connectivity index (χ0v) is 18.8. The van der Waals surface area contributed by atoms with Crippen molar-refractivity contribution < 1.29 is 24.2 Å². The lowest BCUT2D eigenvalue weighted by Gasteiger charge is -2.24. The molecule has 0 radical (unpaired) electrons. The maximum Gasteiger partial charge on any atom is 0.407 e. The molecule has 0 bridgehead atoms. The average molecular weight is 451 g/mol. The van der Waals surface area contributed by atoms with Crippen molar-refractivity contribution in [3.63, 3.8) is 0 Å². The molecule has 4 rings (SSSR count). The van der Waals surface area contributed by atoms with Crippen LogP contribution in [-0.4, -0.2) is 42.3 Å². The lowest BCUT2D eigenvalue weighted by atomic mass is 9.86. The van der Waals surface area contributed by atoms with Crippen LogP contribution in [0.1, 0.15) is 56.1 Å². The number of rotatable bonds is 8. The Balaban J connectivity index is 1.26. The monoisotopic (exact) mass is 450 g/mol. The Morgan fingerprint density at radius 1 is 1.03 bits per heavy atom. The predicted octanol–water partition coefficient (Wildman–Crippen LogP) is 4.06. The Labute approximate surface area is 193 Å². The van der Waals surface area contributed by atoms with Crippen molar-refractivity contribution in [1.29, 1.82) is 0 Å². The standard InChI is InChI=1S/C26H30N2O5/c1-17(14-23(29)27-16-26(24(30)31)12-6-7-13-26)28-25(32)33-15-22-20-10-4-2-8-18(20)19-9-3-5-11-21(19)22/h2-5,8-11,17,22H,6-7,12-16H2,1H3,(H,27,29)(H,28,32)(H,30,31)/t17-/m1/s1. The third-order valence-electron chi connectivity index (χ3n) is 6.84. The summed E-state index contributed by atoms with van der Waals surface area (Å²) in [6, 6.07) is 15.8. The molecular formula is C26H30N2O5. The minimum absolute atomic E-state index is 0.0274. The van der Waals surface area contributed by atoms with E-state index in [4.69, 9.17) is 4.74 Å². The van der Waals surface area contributed by atoms with Crippen molar-refractivity contribution in [3.8, 4) is 11.1 Å². The van der Waals surface area contributed by atoms with E-state index < -0.39 is 23.5 Å². The highest BCUT2D eigenvalue weighted by Gasteiger charge is 2.41. The van der Waals surface area contributed by atoms with Crippen LogP contribution >= 0.6 is 0 Å². The number of benzene rings is 2. The molecule has 0 saturated heterocycles. The fourth-order valence-corrected chi connectivity index (χ4v) is 5.03. The van der Waals surface area contributed by atoms with Crippen LogP contribution < -0.4 is 10.6 Å². The summed E-state index contributed by atoms with van der Waals surface area (Å²) in [5.74, 6) is -1.17. The number of hydrogen-bond donors (Lipinski definition) is 3. The molecule has 2 aromatic rings. The van der Waals surface area contributed by atoms with Crippen molar-refractivity contribution in [1.82, 2.24) is 10.6 Å². The first-order valence-electron chi connectivity index (χ1n) is 11.5. The van der Waals surface area contributed by atoms with Crippen LogP contribution in [0.15, 0.2) is 48.5 Å². The number of amides is 2. The topological polar surface area (TPSA) is 105 Å². The normalized spacial score (nSPS) is 17.0. The number of carboxylic acids is 1. The van der Waals surface area contributed by atoms with Crippen LogP contribution in [0.4, 0.5) is 4.79 Å². The zero-order valence-electron chi connectivity index (χ0n) is 18.8. The molecule has 3 N–H and O–H groups in total. The smallest absolute Gasteiger partial charge is 0.407 e. The number of carbonyl (C=O) groups is 3. The van der Waals surface area contributed by atoms with Crippen LogP contribution in [0.25, 0.3) is 11.1 Å². The number of nitrogens with one attached hydrogen (secondary N) is 2. The molecule has 0 spiro atoms. The molecule has 2 aromatic carbocycles. The van der Waals surface area contributed by atoms with Crippen LogP contribution in [0.2, 0.25) is 0 Å². The van der Waals surface area contributed by atoms with Crippen LogP contribution in [-0.2, 0) is 14.3 Å². The number of fused-ring (bicyclic) bond motifs is 3. The summed E-state index contributed by atoms with van der Waals surface area (Å²) in [5, 5.41) is 15.0. The fourth-order valence-electron chi connectivity index (χ4n) is 5.03. The second-order valence-corrected chi connectivity index (χ2v) is 9.14. The first-order chi connectivity index (χ1) is 15.9. The summed E-state index contributed by atoms with van der Waals surface area (Å²) in [5.41, 5.74) is 3.73. The van der Waals surface area contributed by atoms with Gasteiger partial charge in [-0.15, -0.1) is 0 Å². The first kappa shape index (κ1) is 22.8. The molecule has 2 aliphatic carbocycles. The Bertz CT molecular complexity index is 999. The number of aliphatic carboxylic acids is 1. The number of carbonyl (C=O) groups excluding carboxylic acids is 2. The van der Waals surface area contributed by atoms with Gasteiger partial charge in [0, 0.05) is 24.9 Å². The summed E-state index contributed by atoms with van der Waals surface area (Å²) in [6.07, 6.45) is 2.37. The van der Waals surface area contributed by atoms with Gasteiger partial charge < -0.3 is 20.5 Å². The van der Waals surface area contributed by atoms with E-state index in [0.717, 1.165) is 35.1 Å². The highest BCUT2D eigenvalue weighted by molar-refractivity contribution is 5.81. The maximum atomic E-state index is 12.4. The first-order valence-corrected chi connectivity index (χ1v) is 11.5. The van der Waals surface area contributed by atoms with Gasteiger partial charge in [0.2, 0.25) is 5.91 Å². The summed E-state index contributed by atoms with van der Waals surface area (Å²) in [6.45, 7) is 2.06. The lowest BCUT2D eigenvalue weighted by molar-refractivity contribution is -0.148. The van der Waals surface area contributed by atoms with Gasteiger partial charge in [0.15, 0.2) is 0 Å². The van der Waals surface area contributed by atoms with Crippen molar-refractivity contribution >= 4 is 18.0 Å². The van der Waals surface area contributed by atoms with Crippen molar-refractivity contribution in [3.05, 3.63) is 59.7 Å². The van der Waals surface area contributed by atoms with Gasteiger partial charge in [-0.05, 0) is 42.0 Å². The maximum absolute atomic E-state index is 12.4. The van der Waals surface area contributed by atoms with Gasteiger partial charge >= 0.3 is 12.1 Å². The van der Waals surface area contributed by atoms with Gasteiger partial charge in [-0.2, -0.15) is 0 Å². The average Bonchev–Trinajstić information content (AvgIpc) is 3.40. The molecule has 1 saturated carbocycles. The molecule has 1 atom stereocenters. The molecule has 0 aliphatic heterocycles. The molecule has 1 fully saturated rings. The van der Waals surface area contributed by atoms with E-state index in [0.29, 0.717) is 12.8 Å². The number of hydrogen-bond acceptors (Lipinski definition) is 4. The summed E-state index contributed by atoms with van der Waals surface area (Å²) < 4.78 is 5.52. The Morgan fingerprint density at radius 2 is 1.61 bits per heavy atom. The lowest BCUT2D eigenvalue weighted by Crippen LogP contribution is -2.43. The van der Waals surface area contributed by atoms with E-state index in [-0.39, 0.29) is 31.4 Å². The van der Waals surface area contributed by atoms with Crippen LogP contribution in [0.3, 0.4) is 0 Å². The van der Waals surface area contributed by atoms with Gasteiger partial charge in [0.1, 0.15) is 6.61 Å². The third kappa shape index (κ3) is 4.87.